The van der Waals surface area contributed by atoms with Crippen molar-refractivity contribution in [2.75, 3.05) is 0 Å². The van der Waals surface area contributed by atoms with Gasteiger partial charge >= 0.3 is 0 Å². The Labute approximate surface area is 73.6 Å². The molecule has 0 spiro atoms. The van der Waals surface area contributed by atoms with Gasteiger partial charge in [-0.15, -0.1) is 0 Å². The molecule has 1 heterocycles. The standard InChI is InChI=1S/C4H2I2S/c5-3-1-7-2-4(3)6/h1-2H. The molecule has 3 heteroatoms. The van der Waals surface area contributed by atoms with E-state index in [1.54, 1.807) is 11.3 Å². The van der Waals surface area contributed by atoms with Crippen LogP contribution >= 0.6 is 56.5 Å². The fourth-order valence-corrected chi connectivity index (χ4v) is 2.44. The Morgan fingerprint density at radius 1 is 1.14 bits per heavy atom. The summed E-state index contributed by atoms with van der Waals surface area (Å²) in [7, 11) is 0. The third kappa shape index (κ3) is 1.53. The van der Waals surface area contributed by atoms with E-state index in [0.29, 0.717) is 0 Å². The summed E-state index contributed by atoms with van der Waals surface area (Å²) in [5, 5.41) is 4.28. The van der Waals surface area contributed by atoms with Crippen LogP contribution in [0.1, 0.15) is 0 Å². The zero-order valence-corrected chi connectivity index (χ0v) is 8.45. The lowest BCUT2D eigenvalue weighted by Crippen LogP contribution is -1.60. The van der Waals surface area contributed by atoms with E-state index in [0.717, 1.165) is 0 Å². The van der Waals surface area contributed by atoms with Gasteiger partial charge in [-0.2, -0.15) is 11.3 Å². The van der Waals surface area contributed by atoms with Gasteiger partial charge in [0.05, 0.1) is 0 Å². The average molecular weight is 336 g/mol. The smallest absolute Gasteiger partial charge is 0.0371 e. The highest BCUT2D eigenvalue weighted by molar-refractivity contribution is 14.1. The van der Waals surface area contributed by atoms with Gasteiger partial charge in [-0.3, -0.25) is 0 Å². The third-order valence-corrected chi connectivity index (χ3v) is 4.98. The maximum absolute atomic E-state index is 2.32. The minimum absolute atomic E-state index is 1.36. The van der Waals surface area contributed by atoms with Gasteiger partial charge in [-0.05, 0) is 45.2 Å². The van der Waals surface area contributed by atoms with Gasteiger partial charge in [0.1, 0.15) is 0 Å². The molecule has 0 fully saturated rings. The van der Waals surface area contributed by atoms with Gasteiger partial charge in [0.2, 0.25) is 0 Å². The molecule has 0 saturated heterocycles. The lowest BCUT2D eigenvalue weighted by Gasteiger charge is -1.75. The first-order chi connectivity index (χ1) is 3.30. The van der Waals surface area contributed by atoms with Crippen LogP contribution in [-0.2, 0) is 0 Å². The van der Waals surface area contributed by atoms with Crippen molar-refractivity contribution < 1.29 is 0 Å². The minimum atomic E-state index is 1.36. The van der Waals surface area contributed by atoms with Crippen LogP contribution in [0.2, 0.25) is 0 Å². The van der Waals surface area contributed by atoms with Crippen LogP contribution in [0.5, 0.6) is 0 Å². The Morgan fingerprint density at radius 2 is 1.57 bits per heavy atom. The van der Waals surface area contributed by atoms with Crippen molar-refractivity contribution in [3.05, 3.63) is 17.9 Å². The lowest BCUT2D eigenvalue weighted by molar-refractivity contribution is 1.78. The minimum Gasteiger partial charge on any atom is -0.150 e. The molecule has 0 radical (unpaired) electrons. The number of rotatable bonds is 0. The monoisotopic (exact) mass is 336 g/mol. The van der Waals surface area contributed by atoms with Crippen LogP contribution in [0, 0.1) is 7.14 Å². The molecule has 1 aromatic heterocycles. The summed E-state index contributed by atoms with van der Waals surface area (Å²) < 4.78 is 2.73. The maximum Gasteiger partial charge on any atom is 0.0371 e. The zero-order chi connectivity index (χ0) is 5.28. The summed E-state index contributed by atoms with van der Waals surface area (Å²) in [6.45, 7) is 0. The molecule has 0 aliphatic heterocycles. The van der Waals surface area contributed by atoms with Crippen LogP contribution in [0.4, 0.5) is 0 Å². The van der Waals surface area contributed by atoms with E-state index in [1.807, 2.05) is 0 Å². The van der Waals surface area contributed by atoms with Crippen molar-refractivity contribution in [3.63, 3.8) is 0 Å². The molecule has 0 bridgehead atoms. The Balaban J connectivity index is 3.12. The van der Waals surface area contributed by atoms with Gasteiger partial charge < -0.3 is 0 Å². The first kappa shape index (κ1) is 6.28. The summed E-state index contributed by atoms with van der Waals surface area (Å²) in [5.74, 6) is 0. The molecule has 0 atom stereocenters. The Morgan fingerprint density at radius 3 is 1.71 bits per heavy atom. The van der Waals surface area contributed by atoms with Crippen LogP contribution < -0.4 is 0 Å². The van der Waals surface area contributed by atoms with E-state index in [4.69, 9.17) is 0 Å². The number of hydrogen-bond acceptors (Lipinski definition) is 1. The molecular weight excluding hydrogens is 334 g/mol. The van der Waals surface area contributed by atoms with E-state index in [1.165, 1.54) is 7.14 Å². The van der Waals surface area contributed by atoms with Gasteiger partial charge in [0, 0.05) is 17.9 Å². The first-order valence-corrected chi connectivity index (χ1v) is 4.78. The van der Waals surface area contributed by atoms with Crippen molar-refractivity contribution in [2.24, 2.45) is 0 Å². The molecule has 0 N–H and O–H groups in total. The Hall–Kier alpha value is 1.16. The molecule has 0 aliphatic carbocycles. The fourth-order valence-electron chi connectivity index (χ4n) is 0.266. The summed E-state index contributed by atoms with van der Waals surface area (Å²) in [6.07, 6.45) is 0. The molecule has 0 saturated carbocycles. The molecule has 0 unspecified atom stereocenters. The van der Waals surface area contributed by atoms with Crippen molar-refractivity contribution in [3.8, 4) is 0 Å². The van der Waals surface area contributed by atoms with Crippen molar-refractivity contribution in [2.45, 2.75) is 0 Å². The Bertz CT molecular complexity index is 142. The van der Waals surface area contributed by atoms with E-state index in [-0.39, 0.29) is 0 Å². The van der Waals surface area contributed by atoms with E-state index in [9.17, 15) is 0 Å². The number of hydrogen-bond donors (Lipinski definition) is 0. The van der Waals surface area contributed by atoms with Gasteiger partial charge in [-0.25, -0.2) is 0 Å². The predicted octanol–water partition coefficient (Wildman–Crippen LogP) is 2.96. The van der Waals surface area contributed by atoms with Crippen LogP contribution in [0.15, 0.2) is 10.8 Å². The summed E-state index contributed by atoms with van der Waals surface area (Å²) in [6, 6.07) is 0. The second-order valence-corrected chi connectivity index (χ2v) is 4.14. The van der Waals surface area contributed by atoms with Crippen molar-refractivity contribution in [1.29, 1.82) is 0 Å². The lowest BCUT2D eigenvalue weighted by atomic mass is 10.7. The normalized spacial score (nSPS) is 9.43. The molecule has 38 valence electrons. The number of halogens is 2. The molecule has 1 aromatic rings. The van der Waals surface area contributed by atoms with E-state index in [2.05, 4.69) is 55.9 Å². The summed E-state index contributed by atoms with van der Waals surface area (Å²) in [4.78, 5) is 0. The molecule has 1 rings (SSSR count). The van der Waals surface area contributed by atoms with Gasteiger partial charge in [0.15, 0.2) is 0 Å². The van der Waals surface area contributed by atoms with E-state index < -0.39 is 0 Å². The molecule has 7 heavy (non-hydrogen) atoms. The second kappa shape index (κ2) is 2.63. The Kier molecular flexibility index (Phi) is 2.36. The zero-order valence-electron chi connectivity index (χ0n) is 3.32. The summed E-state index contributed by atoms with van der Waals surface area (Å²) in [5.41, 5.74) is 0. The number of thiophene rings is 1. The highest BCUT2D eigenvalue weighted by Crippen LogP contribution is 2.18. The molecular formula is C4H2I2S. The van der Waals surface area contributed by atoms with Gasteiger partial charge in [-0.1, -0.05) is 0 Å². The second-order valence-electron chi connectivity index (χ2n) is 1.07. The molecule has 0 aliphatic rings. The predicted molar refractivity (Wildman–Crippen MR) is 49.8 cm³/mol. The topological polar surface area (TPSA) is 0 Å². The summed E-state index contributed by atoms with van der Waals surface area (Å²) >= 11 is 6.40. The molecule has 0 amide bonds. The van der Waals surface area contributed by atoms with Crippen LogP contribution in [0.3, 0.4) is 0 Å². The van der Waals surface area contributed by atoms with Crippen LogP contribution in [0.25, 0.3) is 0 Å². The fraction of sp³-hybridized carbons (Fsp3) is 0. The molecule has 0 aromatic carbocycles. The highest BCUT2D eigenvalue weighted by Gasteiger charge is 1.91. The maximum atomic E-state index is 2.32. The average Bonchev–Trinajstić information content (AvgIpc) is 1.91. The highest BCUT2D eigenvalue weighted by atomic mass is 127. The molecule has 0 nitrogen and oxygen atoms in total. The SMILES string of the molecule is Ic1cscc1I. The van der Waals surface area contributed by atoms with Crippen LogP contribution in [-0.4, -0.2) is 0 Å². The van der Waals surface area contributed by atoms with Crippen molar-refractivity contribution in [1.82, 2.24) is 0 Å². The van der Waals surface area contributed by atoms with Gasteiger partial charge in [0.25, 0.3) is 0 Å². The van der Waals surface area contributed by atoms with Crippen molar-refractivity contribution >= 4 is 56.5 Å². The third-order valence-electron chi connectivity index (χ3n) is 0.571. The quantitative estimate of drug-likeness (QED) is 0.639. The van der Waals surface area contributed by atoms with E-state index >= 15 is 0 Å². The largest absolute Gasteiger partial charge is 0.150 e. The first-order valence-electron chi connectivity index (χ1n) is 1.68.